The van der Waals surface area contributed by atoms with Crippen LogP contribution in [-0.2, 0) is 13.0 Å². The first-order valence-corrected chi connectivity index (χ1v) is 6.62. The number of rotatable bonds is 5. The summed E-state index contributed by atoms with van der Waals surface area (Å²) in [5.74, 6) is -0.119. The van der Waals surface area contributed by atoms with Crippen LogP contribution in [0.1, 0.15) is 23.0 Å². The minimum absolute atomic E-state index is 0.119. The summed E-state index contributed by atoms with van der Waals surface area (Å²) in [5, 5.41) is 3.23. The van der Waals surface area contributed by atoms with Gasteiger partial charge in [0, 0.05) is 36.7 Å². The van der Waals surface area contributed by atoms with Crippen molar-refractivity contribution >= 4 is 17.5 Å². The van der Waals surface area contributed by atoms with Crippen molar-refractivity contribution in [1.82, 2.24) is 14.9 Å². The van der Waals surface area contributed by atoms with Gasteiger partial charge in [0.05, 0.1) is 0 Å². The molecule has 100 valence electrons. The van der Waals surface area contributed by atoms with Crippen LogP contribution >= 0.6 is 11.6 Å². The summed E-state index contributed by atoms with van der Waals surface area (Å²) in [7, 11) is 0. The Labute approximate surface area is 117 Å². The van der Waals surface area contributed by atoms with E-state index in [2.05, 4.69) is 10.3 Å². The van der Waals surface area contributed by atoms with Crippen LogP contribution in [0.2, 0.25) is 5.15 Å². The lowest BCUT2D eigenvalue weighted by Gasteiger charge is -2.07. The molecule has 0 bridgehead atoms. The Hall–Kier alpha value is -1.81. The van der Waals surface area contributed by atoms with Crippen LogP contribution in [-0.4, -0.2) is 22.0 Å². The predicted molar refractivity (Wildman–Crippen MR) is 75.4 cm³/mol. The molecule has 0 radical (unpaired) electrons. The van der Waals surface area contributed by atoms with Gasteiger partial charge >= 0.3 is 0 Å². The second-order valence-electron chi connectivity index (χ2n) is 4.20. The Bertz CT molecular complexity index is 552. The molecule has 0 aliphatic rings. The Morgan fingerprint density at radius 1 is 1.37 bits per heavy atom. The molecule has 2 aromatic heterocycles. The second-order valence-corrected chi connectivity index (χ2v) is 4.59. The largest absolute Gasteiger partial charge is 0.353 e. The van der Waals surface area contributed by atoms with Crippen LogP contribution in [0.15, 0.2) is 36.7 Å². The fraction of sp³-hybridized carbons (Fsp3) is 0.286. The Kier molecular flexibility index (Phi) is 4.58. The highest BCUT2D eigenvalue weighted by Gasteiger charge is 2.08. The molecule has 0 aromatic carbocycles. The van der Waals surface area contributed by atoms with Crippen molar-refractivity contribution in [2.45, 2.75) is 19.9 Å². The smallest absolute Gasteiger partial charge is 0.251 e. The lowest BCUT2D eigenvalue weighted by Crippen LogP contribution is -2.27. The molecule has 0 saturated heterocycles. The second kappa shape index (κ2) is 6.38. The number of carbonyl (C=O) groups excluding carboxylic acids is 1. The number of aromatic nitrogens is 2. The zero-order valence-electron chi connectivity index (χ0n) is 10.8. The lowest BCUT2D eigenvalue weighted by atomic mass is 10.2. The van der Waals surface area contributed by atoms with Gasteiger partial charge in [-0.15, -0.1) is 0 Å². The summed E-state index contributed by atoms with van der Waals surface area (Å²) in [4.78, 5) is 16.1. The number of halogens is 1. The molecular formula is C14H16ClN3O. The zero-order chi connectivity index (χ0) is 13.7. The molecule has 0 aliphatic carbocycles. The first-order valence-electron chi connectivity index (χ1n) is 6.24. The van der Waals surface area contributed by atoms with Gasteiger partial charge in [-0.25, -0.2) is 4.98 Å². The number of hydrogen-bond acceptors (Lipinski definition) is 2. The molecule has 1 amide bonds. The van der Waals surface area contributed by atoms with Gasteiger partial charge < -0.3 is 9.88 Å². The van der Waals surface area contributed by atoms with Crippen molar-refractivity contribution in [3.8, 4) is 0 Å². The average molecular weight is 278 g/mol. The van der Waals surface area contributed by atoms with E-state index in [0.717, 1.165) is 18.7 Å². The fourth-order valence-corrected chi connectivity index (χ4v) is 2.01. The van der Waals surface area contributed by atoms with Crippen LogP contribution in [0.3, 0.4) is 0 Å². The number of aryl methyl sites for hydroxylation is 1. The summed E-state index contributed by atoms with van der Waals surface area (Å²) in [6, 6.07) is 7.28. The molecule has 0 fully saturated rings. The lowest BCUT2D eigenvalue weighted by molar-refractivity contribution is 0.0952. The maximum absolute atomic E-state index is 12.0. The van der Waals surface area contributed by atoms with E-state index in [-0.39, 0.29) is 5.91 Å². The van der Waals surface area contributed by atoms with Crippen LogP contribution in [0.25, 0.3) is 0 Å². The van der Waals surface area contributed by atoms with Crippen molar-refractivity contribution in [3.05, 3.63) is 53.1 Å². The van der Waals surface area contributed by atoms with Crippen LogP contribution in [0.4, 0.5) is 0 Å². The summed E-state index contributed by atoms with van der Waals surface area (Å²) in [5.41, 5.74) is 1.38. The van der Waals surface area contributed by atoms with Crippen LogP contribution < -0.4 is 5.32 Å². The topological polar surface area (TPSA) is 46.9 Å². The summed E-state index contributed by atoms with van der Waals surface area (Å²) >= 11 is 5.89. The van der Waals surface area contributed by atoms with Crippen molar-refractivity contribution < 1.29 is 4.79 Å². The van der Waals surface area contributed by atoms with Crippen LogP contribution in [0.5, 0.6) is 0 Å². The van der Waals surface area contributed by atoms with E-state index in [9.17, 15) is 4.79 Å². The Morgan fingerprint density at radius 3 is 2.79 bits per heavy atom. The third-order valence-electron chi connectivity index (χ3n) is 2.79. The van der Waals surface area contributed by atoms with Crippen molar-refractivity contribution in [2.24, 2.45) is 0 Å². The molecule has 2 rings (SSSR count). The van der Waals surface area contributed by atoms with Gasteiger partial charge in [-0.05, 0) is 30.7 Å². The van der Waals surface area contributed by atoms with E-state index in [1.54, 1.807) is 12.1 Å². The molecule has 2 heterocycles. The molecule has 0 aliphatic heterocycles. The maximum Gasteiger partial charge on any atom is 0.251 e. The number of amides is 1. The van der Waals surface area contributed by atoms with E-state index in [1.165, 1.54) is 0 Å². The standard InChI is InChI=1S/C14H16ClN3O/c1-2-12-9-11(10-13(15)17-12)14(19)16-5-8-18-6-3-4-7-18/h3-4,6-7,9-10H,2,5,8H2,1H3,(H,16,19). The number of hydrogen-bond donors (Lipinski definition) is 1. The summed E-state index contributed by atoms with van der Waals surface area (Å²) in [6.07, 6.45) is 4.68. The number of pyridine rings is 1. The van der Waals surface area contributed by atoms with Crippen LogP contribution in [0, 0.1) is 0 Å². The van der Waals surface area contributed by atoms with Crippen molar-refractivity contribution in [3.63, 3.8) is 0 Å². The minimum Gasteiger partial charge on any atom is -0.353 e. The van der Waals surface area contributed by atoms with E-state index in [0.29, 0.717) is 17.3 Å². The maximum atomic E-state index is 12.0. The van der Waals surface area contributed by atoms with E-state index in [1.807, 2.05) is 36.0 Å². The Balaban J connectivity index is 1.94. The van der Waals surface area contributed by atoms with Gasteiger partial charge in [-0.3, -0.25) is 4.79 Å². The molecule has 0 spiro atoms. The Morgan fingerprint density at radius 2 is 2.11 bits per heavy atom. The minimum atomic E-state index is -0.119. The van der Waals surface area contributed by atoms with E-state index < -0.39 is 0 Å². The number of carbonyl (C=O) groups is 1. The molecule has 1 N–H and O–H groups in total. The third kappa shape index (κ3) is 3.83. The first-order chi connectivity index (χ1) is 9.19. The fourth-order valence-electron chi connectivity index (χ4n) is 1.78. The van der Waals surface area contributed by atoms with Crippen molar-refractivity contribution in [1.29, 1.82) is 0 Å². The van der Waals surface area contributed by atoms with Gasteiger partial charge in [-0.1, -0.05) is 18.5 Å². The molecule has 19 heavy (non-hydrogen) atoms. The monoisotopic (exact) mass is 277 g/mol. The molecule has 0 unspecified atom stereocenters. The molecule has 0 saturated carbocycles. The molecular weight excluding hydrogens is 262 g/mol. The highest BCUT2D eigenvalue weighted by Crippen LogP contribution is 2.11. The van der Waals surface area contributed by atoms with Gasteiger partial charge in [0.25, 0.3) is 5.91 Å². The first kappa shape index (κ1) is 13.6. The van der Waals surface area contributed by atoms with Gasteiger partial charge in [0.2, 0.25) is 0 Å². The summed E-state index contributed by atoms with van der Waals surface area (Å²) in [6.45, 7) is 3.31. The van der Waals surface area contributed by atoms with Gasteiger partial charge in [0.1, 0.15) is 5.15 Å². The predicted octanol–water partition coefficient (Wildman–Crippen LogP) is 2.53. The SMILES string of the molecule is CCc1cc(C(=O)NCCn2cccc2)cc(Cl)n1. The zero-order valence-corrected chi connectivity index (χ0v) is 11.5. The quantitative estimate of drug-likeness (QED) is 0.854. The third-order valence-corrected chi connectivity index (χ3v) is 2.99. The van der Waals surface area contributed by atoms with Gasteiger partial charge in [-0.2, -0.15) is 0 Å². The average Bonchev–Trinajstić information content (AvgIpc) is 2.91. The molecule has 0 atom stereocenters. The van der Waals surface area contributed by atoms with Crippen molar-refractivity contribution in [2.75, 3.05) is 6.54 Å². The highest BCUT2D eigenvalue weighted by atomic mass is 35.5. The molecule has 4 nitrogen and oxygen atoms in total. The highest BCUT2D eigenvalue weighted by molar-refractivity contribution is 6.29. The van der Waals surface area contributed by atoms with Gasteiger partial charge in [0.15, 0.2) is 0 Å². The molecule has 2 aromatic rings. The normalized spacial score (nSPS) is 10.4. The van der Waals surface area contributed by atoms with E-state index in [4.69, 9.17) is 11.6 Å². The number of nitrogens with one attached hydrogen (secondary N) is 1. The van der Waals surface area contributed by atoms with E-state index >= 15 is 0 Å². The molecule has 5 heteroatoms. The number of nitrogens with zero attached hydrogens (tertiary/aromatic N) is 2. The summed E-state index contributed by atoms with van der Waals surface area (Å²) < 4.78 is 2.01.